The summed E-state index contributed by atoms with van der Waals surface area (Å²) in [6, 6.07) is 0.286. The third-order valence-corrected chi connectivity index (χ3v) is 4.32. The highest BCUT2D eigenvalue weighted by Gasteiger charge is 2.41. The van der Waals surface area contributed by atoms with E-state index in [1.54, 1.807) is 12.4 Å². The molecule has 2 aliphatic heterocycles. The van der Waals surface area contributed by atoms with Crippen molar-refractivity contribution in [2.45, 2.75) is 12.1 Å². The predicted molar refractivity (Wildman–Crippen MR) is 81.6 cm³/mol. The van der Waals surface area contributed by atoms with E-state index in [4.69, 9.17) is 4.74 Å². The summed E-state index contributed by atoms with van der Waals surface area (Å²) in [5.74, 6) is -0.0568. The molecule has 0 aliphatic carbocycles. The molecule has 0 bridgehead atoms. The first-order valence-corrected chi connectivity index (χ1v) is 7.71. The average Bonchev–Trinajstić information content (AvgIpc) is 2.97. The number of carbonyl (C=O) groups is 1. The molecule has 120 valence electrons. The number of ether oxygens (including phenoxy) is 1. The van der Waals surface area contributed by atoms with E-state index in [9.17, 15) is 4.79 Å². The van der Waals surface area contributed by atoms with Crippen LogP contribution in [-0.2, 0) is 4.74 Å². The summed E-state index contributed by atoms with van der Waals surface area (Å²) in [4.78, 5) is 27.0. The Kier molecular flexibility index (Phi) is 4.66. The first-order chi connectivity index (χ1) is 10.6. The van der Waals surface area contributed by atoms with Gasteiger partial charge in [0.25, 0.3) is 5.91 Å². The fourth-order valence-electron chi connectivity index (χ4n) is 3.10. The topological polar surface area (TPSA) is 61.8 Å². The van der Waals surface area contributed by atoms with Gasteiger partial charge in [-0.3, -0.25) is 14.7 Å². The van der Waals surface area contributed by atoms with Crippen molar-refractivity contribution in [2.24, 2.45) is 0 Å². The quantitative estimate of drug-likeness (QED) is 0.752. The van der Waals surface area contributed by atoms with E-state index in [0.29, 0.717) is 18.8 Å². The zero-order chi connectivity index (χ0) is 15.5. The molecule has 1 aromatic heterocycles. The Balaban J connectivity index is 1.65. The number of fused-ring (bicyclic) bond motifs is 1. The van der Waals surface area contributed by atoms with Crippen LogP contribution in [-0.4, -0.2) is 96.1 Å². The molecule has 2 aliphatic rings. The molecule has 0 unspecified atom stereocenters. The van der Waals surface area contributed by atoms with Crippen molar-refractivity contribution < 1.29 is 9.53 Å². The van der Waals surface area contributed by atoms with E-state index >= 15 is 0 Å². The van der Waals surface area contributed by atoms with E-state index < -0.39 is 0 Å². The van der Waals surface area contributed by atoms with Crippen LogP contribution in [0.2, 0.25) is 0 Å². The van der Waals surface area contributed by atoms with Crippen LogP contribution in [0.5, 0.6) is 0 Å². The van der Waals surface area contributed by atoms with Gasteiger partial charge in [0.2, 0.25) is 0 Å². The SMILES string of the molecule is CN(C)CCN1CCO[C@@H]2CN(C(=O)c3cnccn3)C[C@@H]21. The molecule has 7 nitrogen and oxygen atoms in total. The van der Waals surface area contributed by atoms with Crippen LogP contribution in [0, 0.1) is 0 Å². The Hall–Kier alpha value is -1.57. The Morgan fingerprint density at radius 2 is 2.27 bits per heavy atom. The molecule has 1 aromatic rings. The number of hydrogen-bond acceptors (Lipinski definition) is 6. The summed E-state index contributed by atoms with van der Waals surface area (Å²) < 4.78 is 5.87. The first-order valence-electron chi connectivity index (χ1n) is 7.71. The summed E-state index contributed by atoms with van der Waals surface area (Å²) >= 11 is 0. The molecule has 2 saturated heterocycles. The molecule has 0 N–H and O–H groups in total. The Morgan fingerprint density at radius 1 is 1.41 bits per heavy atom. The standard InChI is InChI=1S/C15H23N5O2/c1-18(2)5-6-19-7-8-22-14-11-20(10-13(14)19)15(21)12-9-16-3-4-17-12/h3-4,9,13-14H,5-8,10-11H2,1-2H3/t13-,14+/m0/s1. The van der Waals surface area contributed by atoms with Gasteiger partial charge < -0.3 is 14.5 Å². The third kappa shape index (κ3) is 3.26. The van der Waals surface area contributed by atoms with Gasteiger partial charge in [-0.2, -0.15) is 0 Å². The lowest BCUT2D eigenvalue weighted by Crippen LogP contribution is -2.52. The molecule has 0 spiro atoms. The molecule has 0 saturated carbocycles. The zero-order valence-corrected chi connectivity index (χ0v) is 13.2. The van der Waals surface area contributed by atoms with Gasteiger partial charge in [-0.05, 0) is 14.1 Å². The zero-order valence-electron chi connectivity index (χ0n) is 13.2. The highest BCUT2D eigenvalue weighted by Crippen LogP contribution is 2.23. The minimum Gasteiger partial charge on any atom is -0.373 e. The van der Waals surface area contributed by atoms with Gasteiger partial charge in [0.05, 0.1) is 24.9 Å². The van der Waals surface area contributed by atoms with E-state index in [1.807, 2.05) is 4.90 Å². The molecule has 0 aromatic carbocycles. The second kappa shape index (κ2) is 6.68. The van der Waals surface area contributed by atoms with E-state index in [0.717, 1.165) is 26.2 Å². The van der Waals surface area contributed by atoms with E-state index in [-0.39, 0.29) is 18.1 Å². The molecular weight excluding hydrogens is 282 g/mol. The number of carbonyl (C=O) groups excluding carboxylic acids is 1. The molecule has 1 amide bonds. The van der Waals surface area contributed by atoms with Crippen LogP contribution in [0.1, 0.15) is 10.5 Å². The Labute approximate surface area is 130 Å². The van der Waals surface area contributed by atoms with Crippen molar-refractivity contribution in [2.75, 3.05) is 53.4 Å². The summed E-state index contributed by atoms with van der Waals surface area (Å²) in [5, 5.41) is 0. The molecular formula is C15H23N5O2. The molecule has 2 atom stereocenters. The second-order valence-corrected chi connectivity index (χ2v) is 6.12. The fraction of sp³-hybridized carbons (Fsp3) is 0.667. The summed E-state index contributed by atoms with van der Waals surface area (Å²) in [7, 11) is 4.16. The van der Waals surface area contributed by atoms with Crippen molar-refractivity contribution in [1.29, 1.82) is 0 Å². The van der Waals surface area contributed by atoms with Gasteiger partial charge in [0.15, 0.2) is 0 Å². The minimum absolute atomic E-state index is 0.0568. The lowest BCUT2D eigenvalue weighted by Gasteiger charge is -2.37. The maximum absolute atomic E-state index is 12.5. The largest absolute Gasteiger partial charge is 0.373 e. The maximum Gasteiger partial charge on any atom is 0.274 e. The summed E-state index contributed by atoms with van der Waals surface area (Å²) in [5.41, 5.74) is 0.404. The number of nitrogens with zero attached hydrogens (tertiary/aromatic N) is 5. The third-order valence-electron chi connectivity index (χ3n) is 4.32. The normalized spacial score (nSPS) is 25.5. The maximum atomic E-state index is 12.5. The predicted octanol–water partition coefficient (Wildman–Crippen LogP) is -0.437. The van der Waals surface area contributed by atoms with Crippen molar-refractivity contribution >= 4 is 5.91 Å². The summed E-state index contributed by atoms with van der Waals surface area (Å²) in [6.07, 6.45) is 4.76. The van der Waals surface area contributed by atoms with Crippen molar-refractivity contribution in [3.63, 3.8) is 0 Å². The smallest absolute Gasteiger partial charge is 0.274 e. The number of aromatic nitrogens is 2. The first kappa shape index (κ1) is 15.3. The van der Waals surface area contributed by atoms with E-state index in [2.05, 4.69) is 33.9 Å². The number of likely N-dealkylation sites (N-methyl/N-ethyl adjacent to an activating group) is 1. The average molecular weight is 305 g/mol. The molecule has 2 fully saturated rings. The van der Waals surface area contributed by atoms with Gasteiger partial charge in [0, 0.05) is 45.1 Å². The number of amides is 1. The van der Waals surface area contributed by atoms with Gasteiger partial charge in [-0.15, -0.1) is 0 Å². The highest BCUT2D eigenvalue weighted by molar-refractivity contribution is 5.92. The monoisotopic (exact) mass is 305 g/mol. The number of rotatable bonds is 4. The molecule has 22 heavy (non-hydrogen) atoms. The summed E-state index contributed by atoms with van der Waals surface area (Å²) in [6.45, 7) is 5.03. The van der Waals surface area contributed by atoms with Crippen LogP contribution < -0.4 is 0 Å². The van der Waals surface area contributed by atoms with Crippen molar-refractivity contribution in [3.8, 4) is 0 Å². The fourth-order valence-corrected chi connectivity index (χ4v) is 3.10. The van der Waals surface area contributed by atoms with Gasteiger partial charge in [0.1, 0.15) is 5.69 Å². The van der Waals surface area contributed by atoms with Gasteiger partial charge in [-0.25, -0.2) is 4.98 Å². The van der Waals surface area contributed by atoms with Gasteiger partial charge in [-0.1, -0.05) is 0 Å². The Bertz CT molecular complexity index is 510. The van der Waals surface area contributed by atoms with Crippen molar-refractivity contribution in [1.82, 2.24) is 24.7 Å². The molecule has 3 heterocycles. The van der Waals surface area contributed by atoms with Gasteiger partial charge >= 0.3 is 0 Å². The van der Waals surface area contributed by atoms with Crippen LogP contribution >= 0.6 is 0 Å². The van der Waals surface area contributed by atoms with Crippen LogP contribution in [0.4, 0.5) is 0 Å². The lowest BCUT2D eigenvalue weighted by molar-refractivity contribution is -0.0482. The van der Waals surface area contributed by atoms with Crippen molar-refractivity contribution in [3.05, 3.63) is 24.3 Å². The molecule has 7 heteroatoms. The van der Waals surface area contributed by atoms with Crippen LogP contribution in [0.15, 0.2) is 18.6 Å². The molecule has 0 radical (unpaired) electrons. The van der Waals surface area contributed by atoms with Crippen LogP contribution in [0.3, 0.4) is 0 Å². The Morgan fingerprint density at radius 3 is 3.00 bits per heavy atom. The highest BCUT2D eigenvalue weighted by atomic mass is 16.5. The van der Waals surface area contributed by atoms with E-state index in [1.165, 1.54) is 6.20 Å². The minimum atomic E-state index is -0.0568. The number of hydrogen-bond donors (Lipinski definition) is 0. The molecule has 3 rings (SSSR count). The van der Waals surface area contributed by atoms with Crippen LogP contribution in [0.25, 0.3) is 0 Å². The number of likely N-dealkylation sites (tertiary alicyclic amines) is 1. The number of morpholine rings is 1. The second-order valence-electron chi connectivity index (χ2n) is 6.12. The lowest BCUT2D eigenvalue weighted by atomic mass is 10.1.